The molecule has 1 aromatic heterocycles. The Bertz CT molecular complexity index is 1930. The second-order valence-corrected chi connectivity index (χ2v) is 14.2. The summed E-state index contributed by atoms with van der Waals surface area (Å²) in [5.74, 6) is 0.180. The SMILES string of the molecule is COc1ccc(C2=NN(C(=O)CSc3nnc(CNC(=O)c4ccc(S(=O)(=O)N5CCCC5)cc4)n3C)[C@@H](c3ccc(F)cc3)C2)cc1. The number of hydrogen-bond acceptors (Lipinski definition) is 9. The number of carbonyl (C=O) groups is 2. The molecule has 0 radical (unpaired) electrons. The van der Waals surface area contributed by atoms with Crippen LogP contribution in [-0.2, 0) is 28.4 Å². The van der Waals surface area contributed by atoms with E-state index >= 15 is 0 Å². The highest BCUT2D eigenvalue weighted by Crippen LogP contribution is 2.34. The van der Waals surface area contributed by atoms with Crippen molar-refractivity contribution in [1.82, 2.24) is 29.4 Å². The Hall–Kier alpha value is -4.60. The summed E-state index contributed by atoms with van der Waals surface area (Å²) in [6.07, 6.45) is 2.14. The van der Waals surface area contributed by atoms with Gasteiger partial charge in [-0.2, -0.15) is 9.41 Å². The van der Waals surface area contributed by atoms with Crippen LogP contribution in [0.15, 0.2) is 87.9 Å². The molecule has 0 unspecified atom stereocenters. The van der Waals surface area contributed by atoms with Crippen molar-refractivity contribution < 1.29 is 27.1 Å². The Kier molecular flexibility index (Phi) is 9.89. The molecule has 15 heteroatoms. The van der Waals surface area contributed by atoms with Crippen LogP contribution in [-0.4, -0.2) is 76.0 Å². The van der Waals surface area contributed by atoms with Crippen molar-refractivity contribution >= 4 is 39.3 Å². The minimum atomic E-state index is -3.57. The number of nitrogens with one attached hydrogen (secondary N) is 1. The lowest BCUT2D eigenvalue weighted by Gasteiger charge is -2.22. The number of methoxy groups -OCH3 is 1. The first-order chi connectivity index (χ1) is 23.1. The molecule has 3 aromatic carbocycles. The summed E-state index contributed by atoms with van der Waals surface area (Å²) in [7, 11) is -0.237. The Morgan fingerprint density at radius 1 is 0.979 bits per heavy atom. The first-order valence-corrected chi connectivity index (χ1v) is 17.8. The van der Waals surface area contributed by atoms with Gasteiger partial charge in [0, 0.05) is 32.1 Å². The van der Waals surface area contributed by atoms with Crippen LogP contribution in [0.5, 0.6) is 5.75 Å². The lowest BCUT2D eigenvalue weighted by atomic mass is 9.98. The fourth-order valence-corrected chi connectivity index (χ4v) is 7.88. The highest BCUT2D eigenvalue weighted by atomic mass is 32.2. The van der Waals surface area contributed by atoms with Crippen molar-refractivity contribution in [3.8, 4) is 5.75 Å². The predicted molar refractivity (Wildman–Crippen MR) is 177 cm³/mol. The summed E-state index contributed by atoms with van der Waals surface area (Å²) in [6.45, 7) is 1.08. The fourth-order valence-electron chi connectivity index (χ4n) is 5.58. The minimum absolute atomic E-state index is 0.0160. The molecule has 0 aliphatic carbocycles. The van der Waals surface area contributed by atoms with Crippen LogP contribution in [0, 0.1) is 5.82 Å². The first kappa shape index (κ1) is 33.3. The average Bonchev–Trinajstić information content (AvgIpc) is 3.88. The van der Waals surface area contributed by atoms with E-state index in [4.69, 9.17) is 4.74 Å². The molecule has 1 fully saturated rings. The zero-order valence-corrected chi connectivity index (χ0v) is 28.0. The number of nitrogens with zero attached hydrogens (tertiary/aromatic N) is 6. The highest BCUT2D eigenvalue weighted by molar-refractivity contribution is 7.99. The van der Waals surface area contributed by atoms with E-state index in [-0.39, 0.29) is 34.8 Å². The zero-order valence-electron chi connectivity index (χ0n) is 26.4. The molecule has 4 aromatic rings. The van der Waals surface area contributed by atoms with Gasteiger partial charge in [-0.05, 0) is 84.6 Å². The van der Waals surface area contributed by atoms with Crippen LogP contribution >= 0.6 is 11.8 Å². The Morgan fingerprint density at radius 3 is 2.33 bits per heavy atom. The van der Waals surface area contributed by atoms with Gasteiger partial charge in [-0.3, -0.25) is 9.59 Å². The highest BCUT2D eigenvalue weighted by Gasteiger charge is 2.33. The Morgan fingerprint density at radius 2 is 1.67 bits per heavy atom. The molecular formula is C33H34FN7O5S2. The third kappa shape index (κ3) is 7.12. The van der Waals surface area contributed by atoms with E-state index in [1.165, 1.54) is 57.5 Å². The molecule has 1 saturated heterocycles. The number of rotatable bonds is 11. The number of amides is 2. The smallest absolute Gasteiger partial charge is 0.253 e. The molecule has 0 bridgehead atoms. The van der Waals surface area contributed by atoms with Crippen LogP contribution in [0.1, 0.15) is 52.6 Å². The van der Waals surface area contributed by atoms with Crippen molar-refractivity contribution in [3.63, 3.8) is 0 Å². The second kappa shape index (κ2) is 14.3. The van der Waals surface area contributed by atoms with Crippen LogP contribution in [0.25, 0.3) is 0 Å². The number of aromatic nitrogens is 3. The molecule has 2 aliphatic rings. The van der Waals surface area contributed by atoms with Crippen LogP contribution < -0.4 is 10.1 Å². The number of thioether (sulfide) groups is 1. The molecule has 6 rings (SSSR count). The molecule has 48 heavy (non-hydrogen) atoms. The largest absolute Gasteiger partial charge is 0.497 e. The van der Waals surface area contributed by atoms with E-state index in [1.54, 1.807) is 30.9 Å². The van der Waals surface area contributed by atoms with Gasteiger partial charge in [0.25, 0.3) is 11.8 Å². The van der Waals surface area contributed by atoms with Gasteiger partial charge in [-0.1, -0.05) is 23.9 Å². The summed E-state index contributed by atoms with van der Waals surface area (Å²) < 4.78 is 47.7. The van der Waals surface area contributed by atoms with Crippen molar-refractivity contribution in [3.05, 3.63) is 101 Å². The maximum atomic E-state index is 13.7. The summed E-state index contributed by atoms with van der Waals surface area (Å²) in [6, 6.07) is 19.0. The Balaban J connectivity index is 1.08. The topological polar surface area (TPSA) is 139 Å². The molecule has 1 N–H and O–H groups in total. The summed E-state index contributed by atoms with van der Waals surface area (Å²) in [5, 5.41) is 17.8. The van der Waals surface area contributed by atoms with E-state index in [0.29, 0.717) is 41.8 Å². The third-order valence-electron chi connectivity index (χ3n) is 8.32. The molecule has 12 nitrogen and oxygen atoms in total. The molecule has 250 valence electrons. The quantitative estimate of drug-likeness (QED) is 0.232. The number of hydrogen-bond donors (Lipinski definition) is 1. The number of carbonyl (C=O) groups excluding carboxylic acids is 2. The third-order valence-corrected chi connectivity index (χ3v) is 11.2. The number of hydrazone groups is 1. The number of halogens is 1. The Labute approximate surface area is 282 Å². The van der Waals surface area contributed by atoms with Gasteiger partial charge in [-0.25, -0.2) is 17.8 Å². The van der Waals surface area contributed by atoms with Gasteiger partial charge >= 0.3 is 0 Å². The molecule has 1 atom stereocenters. The number of benzene rings is 3. The number of sulfonamides is 1. The van der Waals surface area contributed by atoms with Crippen molar-refractivity contribution in [2.45, 2.75) is 41.9 Å². The van der Waals surface area contributed by atoms with Gasteiger partial charge in [0.1, 0.15) is 11.6 Å². The van der Waals surface area contributed by atoms with Gasteiger partial charge in [0.2, 0.25) is 10.0 Å². The predicted octanol–water partition coefficient (Wildman–Crippen LogP) is 4.15. The average molecular weight is 692 g/mol. The van der Waals surface area contributed by atoms with E-state index in [2.05, 4.69) is 20.6 Å². The lowest BCUT2D eigenvalue weighted by molar-refractivity contribution is -0.130. The van der Waals surface area contributed by atoms with E-state index in [1.807, 2.05) is 24.3 Å². The van der Waals surface area contributed by atoms with Crippen molar-refractivity contribution in [2.24, 2.45) is 12.1 Å². The van der Waals surface area contributed by atoms with E-state index in [0.717, 1.165) is 29.7 Å². The lowest BCUT2D eigenvalue weighted by Crippen LogP contribution is -2.28. The molecular weight excluding hydrogens is 658 g/mol. The second-order valence-electron chi connectivity index (χ2n) is 11.3. The summed E-state index contributed by atoms with van der Waals surface area (Å²) in [5.41, 5.74) is 2.66. The van der Waals surface area contributed by atoms with Crippen LogP contribution in [0.3, 0.4) is 0 Å². The zero-order chi connectivity index (χ0) is 33.8. The summed E-state index contributed by atoms with van der Waals surface area (Å²) in [4.78, 5) is 26.5. The number of ether oxygens (including phenoxy) is 1. The van der Waals surface area contributed by atoms with Crippen LogP contribution in [0.4, 0.5) is 4.39 Å². The minimum Gasteiger partial charge on any atom is -0.497 e. The maximum absolute atomic E-state index is 13.7. The van der Waals surface area contributed by atoms with Gasteiger partial charge < -0.3 is 14.6 Å². The molecule has 0 spiro atoms. The van der Waals surface area contributed by atoms with Crippen LogP contribution in [0.2, 0.25) is 0 Å². The molecule has 2 aliphatic heterocycles. The molecule has 3 heterocycles. The standard InChI is InChI=1S/C33H34FN7O5S2/c1-39-30(20-35-32(43)24-9-15-27(16-10-24)48(44,45)40-17-3-4-18-40)36-37-33(39)47-21-31(42)41-29(23-5-11-25(34)12-6-23)19-28(38-41)22-7-13-26(46-2)14-8-22/h5-16,29H,3-4,17-21H2,1-2H3,(H,35,43)/t29-/m1/s1. The molecule has 2 amide bonds. The van der Waals surface area contributed by atoms with Gasteiger partial charge in [0.15, 0.2) is 11.0 Å². The monoisotopic (exact) mass is 691 g/mol. The van der Waals surface area contributed by atoms with Gasteiger partial charge in [-0.15, -0.1) is 10.2 Å². The fraction of sp³-hybridized carbons (Fsp3) is 0.303. The van der Waals surface area contributed by atoms with Crippen molar-refractivity contribution in [2.75, 3.05) is 26.0 Å². The van der Waals surface area contributed by atoms with E-state index in [9.17, 15) is 22.4 Å². The molecule has 0 saturated carbocycles. The van der Waals surface area contributed by atoms with Crippen molar-refractivity contribution in [1.29, 1.82) is 0 Å². The summed E-state index contributed by atoms with van der Waals surface area (Å²) >= 11 is 1.19. The maximum Gasteiger partial charge on any atom is 0.253 e. The van der Waals surface area contributed by atoms with Gasteiger partial charge in [0.05, 0.1) is 36.1 Å². The first-order valence-electron chi connectivity index (χ1n) is 15.3. The van der Waals surface area contributed by atoms with E-state index < -0.39 is 16.1 Å². The normalized spacial score (nSPS) is 16.6.